The first-order chi connectivity index (χ1) is 25.8. The minimum Gasteiger partial charge on any atom is -0.456 e. The van der Waals surface area contributed by atoms with Gasteiger partial charge in [0.1, 0.15) is 22.3 Å². The Balaban J connectivity index is 1.11. The van der Waals surface area contributed by atoms with Gasteiger partial charge in [-0.15, -0.1) is 0 Å². The Morgan fingerprint density at radius 3 is 1.48 bits per heavy atom. The Kier molecular flexibility index (Phi) is 5.47. The fourth-order valence-corrected chi connectivity index (χ4v) is 8.64. The number of fused-ring (bicyclic) bond motifs is 12. The summed E-state index contributed by atoms with van der Waals surface area (Å²) in [6, 6.07) is 60.8. The Morgan fingerprint density at radius 2 is 0.808 bits per heavy atom. The molecule has 0 aliphatic rings. The molecule has 4 heteroatoms. The predicted octanol–water partition coefficient (Wildman–Crippen LogP) is 13.3. The van der Waals surface area contributed by atoms with Crippen LogP contribution in [0, 0.1) is 0 Å². The third kappa shape index (κ3) is 3.75. The van der Waals surface area contributed by atoms with Gasteiger partial charge in [-0.2, -0.15) is 0 Å². The number of furan rings is 2. The molecule has 0 atom stereocenters. The molecule has 0 saturated heterocycles. The minimum absolute atomic E-state index is 0.896. The van der Waals surface area contributed by atoms with Crippen LogP contribution in [0.5, 0.6) is 0 Å². The van der Waals surface area contributed by atoms with E-state index in [2.05, 4.69) is 155 Å². The number of para-hydroxylation sites is 5. The molecule has 0 radical (unpaired) electrons. The molecule has 0 N–H and O–H groups in total. The van der Waals surface area contributed by atoms with Crippen LogP contribution in [0.1, 0.15) is 0 Å². The fourth-order valence-electron chi connectivity index (χ4n) is 8.64. The maximum atomic E-state index is 6.22. The van der Waals surface area contributed by atoms with E-state index in [9.17, 15) is 0 Å². The van der Waals surface area contributed by atoms with E-state index in [-0.39, 0.29) is 0 Å². The van der Waals surface area contributed by atoms with Gasteiger partial charge in [-0.3, -0.25) is 0 Å². The number of hydrogen-bond acceptors (Lipinski definition) is 2. The fraction of sp³-hybridized carbons (Fsp3) is 0. The average molecular weight is 665 g/mol. The second kappa shape index (κ2) is 10.3. The predicted molar refractivity (Wildman–Crippen MR) is 215 cm³/mol. The topological polar surface area (TPSA) is 36.1 Å². The van der Waals surface area contributed by atoms with Crippen molar-refractivity contribution in [2.24, 2.45) is 0 Å². The highest BCUT2D eigenvalue weighted by Crippen LogP contribution is 2.42. The largest absolute Gasteiger partial charge is 0.456 e. The maximum absolute atomic E-state index is 6.22. The first-order valence-electron chi connectivity index (χ1n) is 17.7. The number of nitrogens with zero attached hydrogens (tertiary/aromatic N) is 2. The van der Waals surface area contributed by atoms with E-state index in [4.69, 9.17) is 8.83 Å². The standard InChI is InChI=1S/C48H28N2O2/c1-6-17-42-33(10-1)37-15-9-14-32(48(37)50(42)31-22-25-47-40(28-31)36-13-4-8-19-45(36)52-47)29-20-23-43-38(26-29)34-11-2-5-16-41(34)49(43)30-21-24-46-39(27-30)35-12-3-7-18-44(35)51-46/h1-28H. The average Bonchev–Trinajstić information content (AvgIpc) is 3.95. The smallest absolute Gasteiger partial charge is 0.135 e. The second-order valence-corrected chi connectivity index (χ2v) is 13.7. The van der Waals surface area contributed by atoms with Crippen LogP contribution in [-0.2, 0) is 0 Å². The van der Waals surface area contributed by atoms with E-state index in [1.54, 1.807) is 0 Å². The van der Waals surface area contributed by atoms with Gasteiger partial charge >= 0.3 is 0 Å². The summed E-state index contributed by atoms with van der Waals surface area (Å²) in [7, 11) is 0. The minimum atomic E-state index is 0.896. The molecule has 0 aliphatic carbocycles. The highest BCUT2D eigenvalue weighted by molar-refractivity contribution is 6.16. The third-order valence-electron chi connectivity index (χ3n) is 10.9. The maximum Gasteiger partial charge on any atom is 0.135 e. The Hall–Kier alpha value is -7.04. The van der Waals surface area contributed by atoms with Crippen molar-refractivity contribution in [2.45, 2.75) is 0 Å². The van der Waals surface area contributed by atoms with Gasteiger partial charge in [-0.1, -0.05) is 97.1 Å². The van der Waals surface area contributed by atoms with Crippen LogP contribution < -0.4 is 0 Å². The summed E-state index contributed by atoms with van der Waals surface area (Å²) in [6.45, 7) is 0. The van der Waals surface area contributed by atoms with Crippen LogP contribution in [0.2, 0.25) is 0 Å². The number of aromatic nitrogens is 2. The van der Waals surface area contributed by atoms with E-state index < -0.39 is 0 Å². The van der Waals surface area contributed by atoms with Crippen molar-refractivity contribution in [3.05, 3.63) is 170 Å². The van der Waals surface area contributed by atoms with Gasteiger partial charge in [0.05, 0.1) is 22.1 Å². The molecule has 0 fully saturated rings. The summed E-state index contributed by atoms with van der Waals surface area (Å²) in [5.74, 6) is 0. The monoisotopic (exact) mass is 664 g/mol. The summed E-state index contributed by atoms with van der Waals surface area (Å²) in [4.78, 5) is 0. The molecule has 0 aliphatic heterocycles. The molecule has 12 aromatic rings. The SMILES string of the molecule is c1ccc2c(c1)oc1ccc(-n3c4ccccc4c4cc(-c5cccc6c7ccccc7n(-c7ccc8oc9ccccc9c8c7)c56)ccc43)cc12. The summed E-state index contributed by atoms with van der Waals surface area (Å²) in [5, 5.41) is 9.40. The molecular weight excluding hydrogens is 637 g/mol. The van der Waals surface area contributed by atoms with E-state index in [0.29, 0.717) is 0 Å². The summed E-state index contributed by atoms with van der Waals surface area (Å²) >= 11 is 0. The number of hydrogen-bond donors (Lipinski definition) is 0. The molecule has 242 valence electrons. The van der Waals surface area contributed by atoms with Crippen molar-refractivity contribution < 1.29 is 8.83 Å². The normalized spacial score (nSPS) is 12.2. The van der Waals surface area contributed by atoms with Crippen molar-refractivity contribution in [1.29, 1.82) is 0 Å². The molecule has 0 spiro atoms. The molecule has 0 unspecified atom stereocenters. The molecule has 0 bridgehead atoms. The number of rotatable bonds is 3. The van der Waals surface area contributed by atoms with Crippen LogP contribution in [0.25, 0.3) is 110 Å². The van der Waals surface area contributed by atoms with Gasteiger partial charge in [-0.05, 0) is 78.4 Å². The third-order valence-corrected chi connectivity index (χ3v) is 10.9. The highest BCUT2D eigenvalue weighted by Gasteiger charge is 2.20. The first-order valence-corrected chi connectivity index (χ1v) is 17.7. The Morgan fingerprint density at radius 1 is 0.308 bits per heavy atom. The summed E-state index contributed by atoms with van der Waals surface area (Å²) in [5.41, 5.74) is 12.9. The summed E-state index contributed by atoms with van der Waals surface area (Å²) < 4.78 is 17.2. The van der Waals surface area contributed by atoms with Crippen molar-refractivity contribution >= 4 is 87.5 Å². The lowest BCUT2D eigenvalue weighted by Gasteiger charge is -2.13. The van der Waals surface area contributed by atoms with Crippen molar-refractivity contribution in [1.82, 2.24) is 9.13 Å². The molecule has 8 aromatic carbocycles. The molecule has 12 rings (SSSR count). The molecular formula is C48H28N2O2. The van der Waals surface area contributed by atoms with Crippen LogP contribution in [0.3, 0.4) is 0 Å². The lowest BCUT2D eigenvalue weighted by atomic mass is 9.99. The van der Waals surface area contributed by atoms with E-state index in [0.717, 1.165) is 55.3 Å². The lowest BCUT2D eigenvalue weighted by molar-refractivity contribution is 0.668. The molecule has 4 aromatic heterocycles. The Bertz CT molecular complexity index is 3420. The first kappa shape index (κ1) is 27.7. The van der Waals surface area contributed by atoms with Gasteiger partial charge in [-0.25, -0.2) is 0 Å². The van der Waals surface area contributed by atoms with Crippen molar-refractivity contribution in [2.75, 3.05) is 0 Å². The van der Waals surface area contributed by atoms with E-state index >= 15 is 0 Å². The molecule has 4 heterocycles. The Labute approximate surface area is 296 Å². The van der Waals surface area contributed by atoms with Crippen molar-refractivity contribution in [3.8, 4) is 22.5 Å². The zero-order valence-corrected chi connectivity index (χ0v) is 27.9. The lowest BCUT2D eigenvalue weighted by Crippen LogP contribution is -1.96. The molecule has 0 amide bonds. The van der Waals surface area contributed by atoms with Gasteiger partial charge in [0, 0.05) is 60.0 Å². The van der Waals surface area contributed by atoms with Crippen LogP contribution in [-0.4, -0.2) is 9.13 Å². The quantitative estimate of drug-likeness (QED) is 0.188. The molecule has 52 heavy (non-hydrogen) atoms. The zero-order valence-electron chi connectivity index (χ0n) is 27.9. The van der Waals surface area contributed by atoms with Crippen LogP contribution in [0.4, 0.5) is 0 Å². The van der Waals surface area contributed by atoms with Gasteiger partial charge < -0.3 is 18.0 Å². The van der Waals surface area contributed by atoms with E-state index in [1.807, 2.05) is 24.3 Å². The van der Waals surface area contributed by atoms with Gasteiger partial charge in [0.2, 0.25) is 0 Å². The number of benzene rings is 8. The van der Waals surface area contributed by atoms with Gasteiger partial charge in [0.15, 0.2) is 0 Å². The summed E-state index contributed by atoms with van der Waals surface area (Å²) in [6.07, 6.45) is 0. The van der Waals surface area contributed by atoms with Gasteiger partial charge in [0.25, 0.3) is 0 Å². The zero-order chi connectivity index (χ0) is 33.9. The highest BCUT2D eigenvalue weighted by atomic mass is 16.3. The molecule has 0 saturated carbocycles. The second-order valence-electron chi connectivity index (χ2n) is 13.7. The van der Waals surface area contributed by atoms with Crippen LogP contribution in [0.15, 0.2) is 179 Å². The van der Waals surface area contributed by atoms with E-state index in [1.165, 1.54) is 54.7 Å². The van der Waals surface area contributed by atoms with Crippen LogP contribution >= 0.6 is 0 Å². The van der Waals surface area contributed by atoms with Crippen molar-refractivity contribution in [3.63, 3.8) is 0 Å². The molecule has 4 nitrogen and oxygen atoms in total.